The van der Waals surface area contributed by atoms with E-state index in [1.54, 1.807) is 18.3 Å². The van der Waals surface area contributed by atoms with Gasteiger partial charge in [0.05, 0.1) is 11.1 Å². The van der Waals surface area contributed by atoms with E-state index >= 15 is 0 Å². The average molecular weight is 410 g/mol. The zero-order valence-corrected chi connectivity index (χ0v) is 16.9. The molecule has 4 rings (SSSR count). The number of hydrazone groups is 1. The monoisotopic (exact) mass is 410 g/mol. The topological polar surface area (TPSA) is 94.6 Å². The largest absolute Gasteiger partial charge is 0.358 e. The number of hydrogen-bond donors (Lipinski definition) is 2. The lowest BCUT2D eigenvalue weighted by Gasteiger charge is -2.15. The molecule has 0 spiro atoms. The summed E-state index contributed by atoms with van der Waals surface area (Å²) >= 11 is 0. The Hall–Kier alpha value is -2.97. The van der Waals surface area contributed by atoms with E-state index in [0.717, 1.165) is 35.0 Å². The van der Waals surface area contributed by atoms with Crippen molar-refractivity contribution in [1.29, 1.82) is 0 Å². The number of aromatic nitrogens is 1. The molecule has 1 aromatic heterocycles. The van der Waals surface area contributed by atoms with E-state index in [1.165, 1.54) is 16.4 Å². The van der Waals surface area contributed by atoms with Gasteiger partial charge in [0.25, 0.3) is 5.91 Å². The van der Waals surface area contributed by atoms with Gasteiger partial charge in [-0.25, -0.2) is 13.8 Å². The molecule has 0 unspecified atom stereocenters. The van der Waals surface area contributed by atoms with Crippen molar-refractivity contribution in [1.82, 2.24) is 14.7 Å². The molecule has 1 amide bonds. The Labute approximate surface area is 169 Å². The Morgan fingerprint density at radius 2 is 1.90 bits per heavy atom. The molecule has 0 aliphatic carbocycles. The molecule has 2 heterocycles. The molecule has 1 saturated heterocycles. The average Bonchev–Trinajstić information content (AvgIpc) is 3.37. The van der Waals surface area contributed by atoms with Crippen molar-refractivity contribution < 1.29 is 13.2 Å². The number of carbonyl (C=O) groups is 1. The van der Waals surface area contributed by atoms with Crippen LogP contribution in [0, 0.1) is 6.92 Å². The number of sulfonamides is 1. The normalized spacial score (nSPS) is 15.3. The molecule has 2 N–H and O–H groups in total. The van der Waals surface area contributed by atoms with Gasteiger partial charge in [-0.3, -0.25) is 4.79 Å². The van der Waals surface area contributed by atoms with E-state index in [0.29, 0.717) is 13.1 Å². The molecular formula is C21H22N4O3S. The van der Waals surface area contributed by atoms with Crippen molar-refractivity contribution in [3.8, 4) is 0 Å². The Morgan fingerprint density at radius 3 is 2.69 bits per heavy atom. The van der Waals surface area contributed by atoms with Gasteiger partial charge in [-0.1, -0.05) is 24.3 Å². The molecule has 0 radical (unpaired) electrons. The smallest absolute Gasteiger partial charge is 0.271 e. The zero-order valence-electron chi connectivity index (χ0n) is 16.1. The third-order valence-electron chi connectivity index (χ3n) is 5.10. The second-order valence-electron chi connectivity index (χ2n) is 7.05. The molecular weight excluding hydrogens is 388 g/mol. The van der Waals surface area contributed by atoms with Crippen molar-refractivity contribution in [3.63, 3.8) is 0 Å². The minimum Gasteiger partial charge on any atom is -0.358 e. The lowest BCUT2D eigenvalue weighted by molar-refractivity contribution is 0.0955. The predicted molar refractivity (Wildman–Crippen MR) is 113 cm³/mol. The lowest BCUT2D eigenvalue weighted by Crippen LogP contribution is -2.28. The van der Waals surface area contributed by atoms with Crippen LogP contribution in [0.1, 0.15) is 34.5 Å². The maximum absolute atomic E-state index is 12.7. The molecule has 0 saturated carbocycles. The van der Waals surface area contributed by atoms with E-state index in [2.05, 4.69) is 15.5 Å². The van der Waals surface area contributed by atoms with Crippen LogP contribution in [-0.4, -0.2) is 42.9 Å². The summed E-state index contributed by atoms with van der Waals surface area (Å²) in [6.07, 6.45) is 3.32. The third-order valence-corrected chi connectivity index (χ3v) is 7.00. The van der Waals surface area contributed by atoms with E-state index in [1.807, 2.05) is 31.2 Å². The van der Waals surface area contributed by atoms with Crippen molar-refractivity contribution in [2.24, 2.45) is 5.10 Å². The minimum absolute atomic E-state index is 0.128. The molecule has 7 nitrogen and oxygen atoms in total. The fraction of sp³-hybridized carbons (Fsp3) is 0.238. The molecule has 29 heavy (non-hydrogen) atoms. The number of hydrogen-bond acceptors (Lipinski definition) is 4. The Kier molecular flexibility index (Phi) is 5.21. The summed E-state index contributed by atoms with van der Waals surface area (Å²) in [5, 5.41) is 5.08. The maximum atomic E-state index is 12.7. The van der Waals surface area contributed by atoms with Gasteiger partial charge in [0, 0.05) is 40.8 Å². The first kappa shape index (κ1) is 19.4. The van der Waals surface area contributed by atoms with E-state index < -0.39 is 15.9 Å². The first-order valence-corrected chi connectivity index (χ1v) is 10.9. The zero-order chi connectivity index (χ0) is 20.4. The third kappa shape index (κ3) is 3.81. The SMILES string of the molecule is Cc1[nH]c2ccccc2c1/C=N/NC(=O)c1cccc(S(=O)(=O)N2CCCC2)c1. The number of amides is 1. The van der Waals surface area contributed by atoms with Crippen LogP contribution in [0.2, 0.25) is 0 Å². The number of carbonyl (C=O) groups excluding carboxylic acids is 1. The Morgan fingerprint density at radius 1 is 1.14 bits per heavy atom. The van der Waals surface area contributed by atoms with Crippen LogP contribution in [0.25, 0.3) is 10.9 Å². The number of nitrogens with one attached hydrogen (secondary N) is 2. The number of nitrogens with zero attached hydrogens (tertiary/aromatic N) is 2. The second-order valence-corrected chi connectivity index (χ2v) is 8.99. The summed E-state index contributed by atoms with van der Waals surface area (Å²) in [4.78, 5) is 15.9. The van der Waals surface area contributed by atoms with E-state index in [4.69, 9.17) is 0 Å². The van der Waals surface area contributed by atoms with Gasteiger partial charge in [0.2, 0.25) is 10.0 Å². The number of fused-ring (bicyclic) bond motifs is 1. The van der Waals surface area contributed by atoms with Crippen LogP contribution in [0.4, 0.5) is 0 Å². The fourth-order valence-corrected chi connectivity index (χ4v) is 5.12. The fourth-order valence-electron chi connectivity index (χ4n) is 3.56. The molecule has 1 aliphatic rings. The number of benzene rings is 2. The number of aryl methyl sites for hydroxylation is 1. The molecule has 1 fully saturated rings. The van der Waals surface area contributed by atoms with Gasteiger partial charge in [0.15, 0.2) is 0 Å². The van der Waals surface area contributed by atoms with Gasteiger partial charge in [-0.15, -0.1) is 0 Å². The summed E-state index contributed by atoms with van der Waals surface area (Å²) in [5.41, 5.74) is 5.57. The Bertz CT molecular complexity index is 1190. The minimum atomic E-state index is -3.57. The molecule has 8 heteroatoms. The first-order chi connectivity index (χ1) is 14.0. The highest BCUT2D eigenvalue weighted by Gasteiger charge is 2.27. The number of H-pyrrole nitrogens is 1. The van der Waals surface area contributed by atoms with Crippen LogP contribution in [0.5, 0.6) is 0 Å². The molecule has 0 bridgehead atoms. The Balaban J connectivity index is 1.52. The summed E-state index contributed by atoms with van der Waals surface area (Å²) in [6, 6.07) is 13.9. The van der Waals surface area contributed by atoms with Crippen molar-refractivity contribution in [2.75, 3.05) is 13.1 Å². The summed E-state index contributed by atoms with van der Waals surface area (Å²) < 4.78 is 26.9. The lowest BCUT2D eigenvalue weighted by atomic mass is 10.1. The van der Waals surface area contributed by atoms with E-state index in [-0.39, 0.29) is 10.5 Å². The number of rotatable bonds is 5. The molecule has 150 valence electrons. The first-order valence-electron chi connectivity index (χ1n) is 9.48. The van der Waals surface area contributed by atoms with Crippen LogP contribution >= 0.6 is 0 Å². The highest BCUT2D eigenvalue weighted by Crippen LogP contribution is 2.22. The van der Waals surface area contributed by atoms with Crippen LogP contribution in [-0.2, 0) is 10.0 Å². The van der Waals surface area contributed by atoms with Gasteiger partial charge in [0.1, 0.15) is 0 Å². The van der Waals surface area contributed by atoms with Gasteiger partial charge < -0.3 is 4.98 Å². The molecule has 0 atom stereocenters. The van der Waals surface area contributed by atoms with Gasteiger partial charge >= 0.3 is 0 Å². The molecule has 1 aliphatic heterocycles. The second kappa shape index (κ2) is 7.81. The predicted octanol–water partition coefficient (Wildman–Crippen LogP) is 3.02. The van der Waals surface area contributed by atoms with Gasteiger partial charge in [-0.05, 0) is 44.0 Å². The van der Waals surface area contributed by atoms with Gasteiger partial charge in [-0.2, -0.15) is 9.41 Å². The standard InChI is InChI=1S/C21H22N4O3S/c1-15-19(18-9-2-3-10-20(18)23-15)14-22-24-21(26)16-7-6-8-17(13-16)29(27,28)25-11-4-5-12-25/h2-3,6-10,13-14,23H,4-5,11-12H2,1H3,(H,24,26)/b22-14+. The van der Waals surface area contributed by atoms with Crippen LogP contribution in [0.3, 0.4) is 0 Å². The molecule has 2 aromatic carbocycles. The van der Waals surface area contributed by atoms with Crippen LogP contribution < -0.4 is 5.43 Å². The summed E-state index contributed by atoms with van der Waals surface area (Å²) in [6.45, 7) is 2.98. The van der Waals surface area contributed by atoms with Crippen LogP contribution in [0.15, 0.2) is 58.5 Å². The van der Waals surface area contributed by atoms with Crippen molar-refractivity contribution in [3.05, 3.63) is 65.4 Å². The summed E-state index contributed by atoms with van der Waals surface area (Å²) in [5.74, 6) is -0.461. The molecule has 3 aromatic rings. The maximum Gasteiger partial charge on any atom is 0.271 e. The summed E-state index contributed by atoms with van der Waals surface area (Å²) in [7, 11) is -3.57. The highest BCUT2D eigenvalue weighted by molar-refractivity contribution is 7.89. The highest BCUT2D eigenvalue weighted by atomic mass is 32.2. The quantitative estimate of drug-likeness (QED) is 0.500. The number of para-hydroxylation sites is 1. The van der Waals surface area contributed by atoms with Crippen molar-refractivity contribution in [2.45, 2.75) is 24.7 Å². The van der Waals surface area contributed by atoms with E-state index in [9.17, 15) is 13.2 Å². The van der Waals surface area contributed by atoms with Crippen molar-refractivity contribution >= 4 is 33.0 Å². The number of aromatic amines is 1.